The van der Waals surface area contributed by atoms with Crippen LogP contribution in [0.15, 0.2) is 66.9 Å². The van der Waals surface area contributed by atoms with Gasteiger partial charge in [-0.1, -0.05) is 42.5 Å². The number of likely N-dealkylation sites (tertiary alicyclic amines) is 1. The molecule has 1 saturated heterocycles. The van der Waals surface area contributed by atoms with Gasteiger partial charge in [-0.15, -0.1) is 0 Å². The van der Waals surface area contributed by atoms with Crippen LogP contribution >= 0.6 is 0 Å². The summed E-state index contributed by atoms with van der Waals surface area (Å²) in [5, 5.41) is 0. The van der Waals surface area contributed by atoms with E-state index in [0.717, 1.165) is 31.0 Å². The molecule has 166 valence electrons. The lowest BCUT2D eigenvalue weighted by molar-refractivity contribution is 0.232. The largest absolute Gasteiger partial charge is 0.497 e. The molecule has 0 bridgehead atoms. The number of fused-ring (bicyclic) bond motifs is 1. The molecule has 2 heterocycles. The number of ether oxygens (including phenoxy) is 2. The highest BCUT2D eigenvalue weighted by molar-refractivity contribution is 5.47. The Hall–Kier alpha value is -2.85. The van der Waals surface area contributed by atoms with Gasteiger partial charge in [0.25, 0.3) is 0 Å². The van der Waals surface area contributed by atoms with Crippen LogP contribution in [0.25, 0.3) is 0 Å². The fraction of sp³-hybridized carbons (Fsp3) is 0.393. The van der Waals surface area contributed by atoms with E-state index in [2.05, 4.69) is 64.5 Å². The zero-order valence-electron chi connectivity index (χ0n) is 18.9. The molecule has 3 aromatic rings. The molecule has 2 atom stereocenters. The van der Waals surface area contributed by atoms with Gasteiger partial charge in [-0.05, 0) is 79.1 Å². The van der Waals surface area contributed by atoms with Crippen molar-refractivity contribution in [1.29, 1.82) is 0 Å². The van der Waals surface area contributed by atoms with Crippen LogP contribution in [0.2, 0.25) is 0 Å². The summed E-state index contributed by atoms with van der Waals surface area (Å²) in [4.78, 5) is 7.15. The van der Waals surface area contributed by atoms with E-state index >= 15 is 0 Å². The maximum Gasteiger partial charge on any atom is 0.213 e. The zero-order chi connectivity index (χ0) is 21.8. The molecule has 2 aromatic carbocycles. The van der Waals surface area contributed by atoms with Crippen molar-refractivity contribution >= 4 is 0 Å². The lowest BCUT2D eigenvalue weighted by Gasteiger charge is -2.34. The number of hydrogen-bond acceptors (Lipinski definition) is 4. The summed E-state index contributed by atoms with van der Waals surface area (Å²) >= 11 is 0. The van der Waals surface area contributed by atoms with Gasteiger partial charge in [0.15, 0.2) is 0 Å². The molecule has 1 aliphatic heterocycles. The van der Waals surface area contributed by atoms with Gasteiger partial charge in [-0.25, -0.2) is 4.98 Å². The van der Waals surface area contributed by atoms with Crippen LogP contribution in [-0.2, 0) is 6.42 Å². The molecule has 0 saturated carbocycles. The number of hydrogen-bond donors (Lipinski definition) is 0. The first kappa shape index (κ1) is 21.0. The minimum atomic E-state index is 0.276. The van der Waals surface area contributed by atoms with Gasteiger partial charge < -0.3 is 9.47 Å². The Bertz CT molecular complexity index is 1010. The Morgan fingerprint density at radius 2 is 1.81 bits per heavy atom. The molecule has 2 unspecified atom stereocenters. The quantitative estimate of drug-likeness (QED) is 0.503. The van der Waals surface area contributed by atoms with E-state index in [0.29, 0.717) is 12.5 Å². The second-order valence-corrected chi connectivity index (χ2v) is 8.93. The first-order chi connectivity index (χ1) is 15.8. The molecule has 1 aliphatic carbocycles. The summed E-state index contributed by atoms with van der Waals surface area (Å²) in [6.45, 7) is 4.08. The number of aromatic nitrogens is 1. The van der Waals surface area contributed by atoms with Crippen molar-refractivity contribution in [2.75, 3.05) is 33.4 Å². The van der Waals surface area contributed by atoms with E-state index in [1.54, 1.807) is 7.11 Å². The first-order valence-corrected chi connectivity index (χ1v) is 11.8. The average Bonchev–Trinajstić information content (AvgIpc) is 3.37. The minimum Gasteiger partial charge on any atom is -0.497 e. The third-order valence-corrected chi connectivity index (χ3v) is 7.01. The molecular formula is C28H32N2O2. The van der Waals surface area contributed by atoms with Crippen molar-refractivity contribution in [2.45, 2.75) is 37.5 Å². The predicted octanol–water partition coefficient (Wildman–Crippen LogP) is 5.43. The fourth-order valence-corrected chi connectivity index (χ4v) is 5.34. The molecule has 1 aromatic heterocycles. The molecule has 0 spiro atoms. The monoisotopic (exact) mass is 428 g/mol. The normalized spacial score (nSPS) is 20.7. The Morgan fingerprint density at radius 3 is 2.56 bits per heavy atom. The van der Waals surface area contributed by atoms with Gasteiger partial charge in [-0.3, -0.25) is 4.90 Å². The van der Waals surface area contributed by atoms with Gasteiger partial charge in [-0.2, -0.15) is 0 Å². The van der Waals surface area contributed by atoms with E-state index in [9.17, 15) is 0 Å². The molecule has 5 rings (SSSR count). The average molecular weight is 429 g/mol. The standard InChI is InChI=1S/C28H32N2O2/c1-31-24-11-13-26-22(19-24)9-12-25(21-7-3-2-4-8-21)28(26)23-10-14-27(29-20-23)32-18-17-30-15-5-6-16-30/h2-4,7-8,10-11,13-14,19-20,25,28H,5-6,9,12,15-18H2,1H3. The zero-order valence-corrected chi connectivity index (χ0v) is 18.9. The van der Waals surface area contributed by atoms with Gasteiger partial charge in [0.2, 0.25) is 5.88 Å². The van der Waals surface area contributed by atoms with Crippen LogP contribution < -0.4 is 9.47 Å². The van der Waals surface area contributed by atoms with E-state index in [1.165, 1.54) is 48.2 Å². The lowest BCUT2D eigenvalue weighted by atomic mass is 9.69. The third-order valence-electron chi connectivity index (χ3n) is 7.01. The second-order valence-electron chi connectivity index (χ2n) is 8.93. The van der Waals surface area contributed by atoms with Crippen molar-refractivity contribution in [3.63, 3.8) is 0 Å². The lowest BCUT2D eigenvalue weighted by Crippen LogP contribution is -2.25. The van der Waals surface area contributed by atoms with Crippen molar-refractivity contribution in [3.8, 4) is 11.6 Å². The van der Waals surface area contributed by atoms with Crippen molar-refractivity contribution in [1.82, 2.24) is 9.88 Å². The van der Waals surface area contributed by atoms with Crippen molar-refractivity contribution in [2.24, 2.45) is 0 Å². The third kappa shape index (κ3) is 4.51. The second kappa shape index (κ2) is 9.74. The van der Waals surface area contributed by atoms with E-state index in [1.807, 2.05) is 12.3 Å². The molecule has 4 nitrogen and oxygen atoms in total. The van der Waals surface area contributed by atoms with Crippen molar-refractivity contribution in [3.05, 3.63) is 89.1 Å². The molecule has 1 fully saturated rings. The topological polar surface area (TPSA) is 34.6 Å². The van der Waals surface area contributed by atoms with E-state index < -0.39 is 0 Å². The number of pyridine rings is 1. The maximum absolute atomic E-state index is 5.95. The van der Waals surface area contributed by atoms with E-state index in [4.69, 9.17) is 9.47 Å². The first-order valence-electron chi connectivity index (χ1n) is 11.8. The summed E-state index contributed by atoms with van der Waals surface area (Å²) in [6, 6.07) is 21.7. The molecule has 32 heavy (non-hydrogen) atoms. The molecule has 0 radical (unpaired) electrons. The van der Waals surface area contributed by atoms with E-state index in [-0.39, 0.29) is 5.92 Å². The summed E-state index contributed by atoms with van der Waals surface area (Å²) < 4.78 is 11.4. The van der Waals surface area contributed by atoms with Crippen LogP contribution in [0.4, 0.5) is 0 Å². The summed E-state index contributed by atoms with van der Waals surface area (Å²) in [5.74, 6) is 2.36. The molecule has 0 amide bonds. The highest BCUT2D eigenvalue weighted by Crippen LogP contribution is 2.46. The summed E-state index contributed by atoms with van der Waals surface area (Å²) in [7, 11) is 1.74. The van der Waals surface area contributed by atoms with Gasteiger partial charge >= 0.3 is 0 Å². The number of rotatable bonds is 7. The van der Waals surface area contributed by atoms with Gasteiger partial charge in [0.05, 0.1) is 7.11 Å². The smallest absolute Gasteiger partial charge is 0.213 e. The molecule has 4 heteroatoms. The minimum absolute atomic E-state index is 0.276. The highest BCUT2D eigenvalue weighted by Gasteiger charge is 2.32. The van der Waals surface area contributed by atoms with Crippen LogP contribution in [-0.4, -0.2) is 43.2 Å². The number of methoxy groups -OCH3 is 1. The van der Waals surface area contributed by atoms with Crippen LogP contribution in [0.1, 0.15) is 53.4 Å². The Labute approximate surface area is 191 Å². The maximum atomic E-state index is 5.95. The molecule has 0 N–H and O–H groups in total. The molecular weight excluding hydrogens is 396 g/mol. The highest BCUT2D eigenvalue weighted by atomic mass is 16.5. The SMILES string of the molecule is COc1ccc2c(c1)CCC(c1ccccc1)C2c1ccc(OCCN2CCCC2)nc1. The van der Waals surface area contributed by atoms with Crippen LogP contribution in [0.3, 0.4) is 0 Å². The Balaban J connectivity index is 1.39. The predicted molar refractivity (Wildman–Crippen MR) is 128 cm³/mol. The number of nitrogens with zero attached hydrogens (tertiary/aromatic N) is 2. The van der Waals surface area contributed by atoms with Crippen molar-refractivity contribution < 1.29 is 9.47 Å². The van der Waals surface area contributed by atoms with Gasteiger partial charge in [0.1, 0.15) is 12.4 Å². The van der Waals surface area contributed by atoms with Gasteiger partial charge in [0, 0.05) is 24.7 Å². The Kier molecular flexibility index (Phi) is 6.40. The number of benzene rings is 2. The summed E-state index contributed by atoms with van der Waals surface area (Å²) in [6.07, 6.45) is 6.82. The number of aryl methyl sites for hydroxylation is 1. The summed E-state index contributed by atoms with van der Waals surface area (Å²) in [5.41, 5.74) is 5.41. The van der Waals surface area contributed by atoms with Crippen LogP contribution in [0, 0.1) is 0 Å². The fourth-order valence-electron chi connectivity index (χ4n) is 5.34. The molecule has 2 aliphatic rings. The van der Waals surface area contributed by atoms with Crippen LogP contribution in [0.5, 0.6) is 11.6 Å². The Morgan fingerprint density at radius 1 is 0.969 bits per heavy atom.